The van der Waals surface area contributed by atoms with E-state index in [9.17, 15) is 22.8 Å². The van der Waals surface area contributed by atoms with Crippen LogP contribution in [0.3, 0.4) is 0 Å². The Hall–Kier alpha value is -1.55. The fourth-order valence-electron chi connectivity index (χ4n) is 4.25. The third-order valence-corrected chi connectivity index (χ3v) is 5.82. The van der Waals surface area contributed by atoms with E-state index in [-0.39, 0.29) is 36.4 Å². The summed E-state index contributed by atoms with van der Waals surface area (Å²) in [6.45, 7) is -0.191. The zero-order chi connectivity index (χ0) is 19.0. The molecule has 0 spiro atoms. The van der Waals surface area contributed by atoms with E-state index in [4.69, 9.17) is 9.84 Å². The van der Waals surface area contributed by atoms with E-state index >= 15 is 0 Å². The van der Waals surface area contributed by atoms with Crippen molar-refractivity contribution in [2.45, 2.75) is 81.0 Å². The van der Waals surface area contributed by atoms with Crippen LogP contribution in [0, 0.1) is 0 Å². The molecule has 0 atom stereocenters. The Balaban J connectivity index is 1.37. The maximum Gasteiger partial charge on any atom is 0.522 e. The first-order chi connectivity index (χ1) is 12.1. The fourth-order valence-corrected chi connectivity index (χ4v) is 4.25. The normalized spacial score (nSPS) is 36.3. The lowest BCUT2D eigenvalue weighted by atomic mass is 9.61. The Morgan fingerprint density at radius 1 is 0.962 bits per heavy atom. The summed E-state index contributed by atoms with van der Waals surface area (Å²) in [6.07, 6.45) is -2.56. The van der Waals surface area contributed by atoms with Crippen LogP contribution in [0.25, 0.3) is 0 Å². The molecule has 4 rings (SSSR count). The molecule has 0 saturated heterocycles. The van der Waals surface area contributed by atoms with E-state index in [0.717, 1.165) is 0 Å². The van der Waals surface area contributed by atoms with Crippen LogP contribution in [0.2, 0.25) is 0 Å². The summed E-state index contributed by atoms with van der Waals surface area (Å²) >= 11 is 0. The van der Waals surface area contributed by atoms with Crippen molar-refractivity contribution in [3.8, 4) is 0 Å². The van der Waals surface area contributed by atoms with Gasteiger partial charge in [-0.2, -0.15) is 0 Å². The number of carbonyl (C=O) groups excluding carboxylic acids is 1. The Kier molecular flexibility index (Phi) is 5.08. The molecule has 0 aromatic carbocycles. The van der Waals surface area contributed by atoms with Crippen molar-refractivity contribution in [2.24, 2.45) is 0 Å². The first-order valence-electron chi connectivity index (χ1n) is 8.77. The number of hydrogen-bond donors (Lipinski definition) is 3. The summed E-state index contributed by atoms with van der Waals surface area (Å²) in [5, 5.41) is 14.6. The van der Waals surface area contributed by atoms with E-state index in [1.807, 2.05) is 0 Å². The maximum absolute atomic E-state index is 12.1. The van der Waals surface area contributed by atoms with Gasteiger partial charge in [0.1, 0.15) is 6.61 Å². The molecule has 0 aromatic heterocycles. The average Bonchev–Trinajstić information content (AvgIpc) is 2.49. The highest BCUT2D eigenvalue weighted by atomic mass is 19.4. The lowest BCUT2D eigenvalue weighted by Gasteiger charge is -2.53. The van der Waals surface area contributed by atoms with E-state index < -0.39 is 24.7 Å². The fraction of sp³-hybridized carbons (Fsp3) is 0.875. The summed E-state index contributed by atoms with van der Waals surface area (Å²) in [7, 11) is 0. The molecule has 7 nitrogen and oxygen atoms in total. The molecule has 4 fully saturated rings. The predicted octanol–water partition coefficient (Wildman–Crippen LogP) is 2.30. The summed E-state index contributed by atoms with van der Waals surface area (Å²) in [6, 6.07) is 0. The number of nitrogens with one attached hydrogen (secondary N) is 2. The van der Waals surface area contributed by atoms with Gasteiger partial charge in [-0.1, -0.05) is 0 Å². The third-order valence-electron chi connectivity index (χ3n) is 5.82. The maximum atomic E-state index is 12.1. The largest absolute Gasteiger partial charge is 0.522 e. The minimum absolute atomic E-state index is 0.126. The lowest BCUT2D eigenvalue weighted by molar-refractivity contribution is -0.357. The van der Waals surface area contributed by atoms with Crippen LogP contribution < -0.4 is 10.6 Å². The van der Waals surface area contributed by atoms with Gasteiger partial charge in [0.05, 0.1) is 12.2 Å². The molecule has 0 unspecified atom stereocenters. The smallest absolute Gasteiger partial charge is 0.465 e. The topological polar surface area (TPSA) is 96.9 Å². The van der Waals surface area contributed by atoms with Gasteiger partial charge in [-0.15, -0.1) is 13.2 Å². The second-order valence-electron chi connectivity index (χ2n) is 7.63. The van der Waals surface area contributed by atoms with Crippen LogP contribution in [0.4, 0.5) is 18.0 Å². The van der Waals surface area contributed by atoms with Gasteiger partial charge in [-0.05, 0) is 38.5 Å². The van der Waals surface area contributed by atoms with Crippen LogP contribution in [-0.2, 0) is 14.3 Å². The van der Waals surface area contributed by atoms with Crippen molar-refractivity contribution in [2.75, 3.05) is 6.61 Å². The van der Waals surface area contributed by atoms with Crippen LogP contribution >= 0.6 is 0 Å². The molecule has 0 aromatic rings. The molecule has 4 aliphatic rings. The number of carbonyl (C=O) groups is 2. The van der Waals surface area contributed by atoms with Gasteiger partial charge in [0.2, 0.25) is 5.91 Å². The molecule has 26 heavy (non-hydrogen) atoms. The van der Waals surface area contributed by atoms with Crippen molar-refractivity contribution in [1.82, 2.24) is 10.6 Å². The number of halogens is 3. The van der Waals surface area contributed by atoms with E-state index in [2.05, 4.69) is 15.4 Å². The minimum Gasteiger partial charge on any atom is -0.465 e. The summed E-state index contributed by atoms with van der Waals surface area (Å²) in [4.78, 5) is 23.1. The number of ether oxygens (including phenoxy) is 2. The molecule has 2 bridgehead atoms. The lowest BCUT2D eigenvalue weighted by Crippen LogP contribution is -2.64. The van der Waals surface area contributed by atoms with Crippen LogP contribution in [0.1, 0.15) is 51.4 Å². The third kappa shape index (κ3) is 4.59. The monoisotopic (exact) mass is 380 g/mol. The quantitative estimate of drug-likeness (QED) is 0.657. The van der Waals surface area contributed by atoms with Crippen molar-refractivity contribution in [3.63, 3.8) is 0 Å². The van der Waals surface area contributed by atoms with Gasteiger partial charge >= 0.3 is 12.5 Å². The summed E-state index contributed by atoms with van der Waals surface area (Å²) in [5.41, 5.74) is -0.710. The van der Waals surface area contributed by atoms with Crippen molar-refractivity contribution in [3.05, 3.63) is 0 Å². The van der Waals surface area contributed by atoms with Crippen LogP contribution in [-0.4, -0.2) is 53.4 Å². The Bertz CT molecular complexity index is 538. The predicted molar refractivity (Wildman–Crippen MR) is 82.4 cm³/mol. The molecule has 0 aliphatic heterocycles. The highest BCUT2D eigenvalue weighted by Crippen LogP contribution is 2.46. The zero-order valence-corrected chi connectivity index (χ0v) is 14.2. The Morgan fingerprint density at radius 2 is 1.46 bits per heavy atom. The standard InChI is InChI=1S/C16H23F3N2O5/c17-16(18,19)26-11-7-10(8-11)25-9-12(22)20-14-1-4-15(5-2-14,6-3-14)21-13(23)24/h10-11,21H,1-9H2,(H,20,22)(H,23,24)/t10-,11+,14?,15?. The molecule has 148 valence electrons. The average molecular weight is 380 g/mol. The molecule has 2 amide bonds. The van der Waals surface area contributed by atoms with Crippen molar-refractivity contribution in [1.29, 1.82) is 0 Å². The first kappa shape index (κ1) is 19.2. The van der Waals surface area contributed by atoms with Crippen molar-refractivity contribution < 1.29 is 37.3 Å². The van der Waals surface area contributed by atoms with E-state index in [1.54, 1.807) is 0 Å². The Morgan fingerprint density at radius 3 is 1.92 bits per heavy atom. The molecular weight excluding hydrogens is 357 g/mol. The highest BCUT2D eigenvalue weighted by Gasteiger charge is 2.50. The van der Waals surface area contributed by atoms with E-state index in [0.29, 0.717) is 38.5 Å². The molecule has 0 radical (unpaired) electrons. The summed E-state index contributed by atoms with van der Waals surface area (Å²) < 4.78 is 45.4. The molecule has 3 N–H and O–H groups in total. The second-order valence-corrected chi connectivity index (χ2v) is 7.63. The number of hydrogen-bond acceptors (Lipinski definition) is 4. The van der Waals surface area contributed by atoms with Gasteiger partial charge in [0.25, 0.3) is 0 Å². The number of amides is 2. The Labute approximate surface area is 148 Å². The number of fused-ring (bicyclic) bond motifs is 3. The van der Waals surface area contributed by atoms with Gasteiger partial charge < -0.3 is 20.5 Å². The highest BCUT2D eigenvalue weighted by molar-refractivity contribution is 5.78. The molecular formula is C16H23F3N2O5. The van der Waals surface area contributed by atoms with Gasteiger partial charge in [0, 0.05) is 23.9 Å². The van der Waals surface area contributed by atoms with Crippen LogP contribution in [0.5, 0.6) is 0 Å². The van der Waals surface area contributed by atoms with Gasteiger partial charge in [-0.3, -0.25) is 9.53 Å². The molecule has 4 aliphatic carbocycles. The number of alkyl halides is 3. The second kappa shape index (κ2) is 6.88. The SMILES string of the molecule is O=C(O)NC12CCC(NC(=O)CO[C@H]3C[C@@H](OC(F)(F)F)C3)(CC1)CC2. The summed E-state index contributed by atoms with van der Waals surface area (Å²) in [5.74, 6) is -0.286. The van der Waals surface area contributed by atoms with Crippen LogP contribution in [0.15, 0.2) is 0 Å². The van der Waals surface area contributed by atoms with Crippen molar-refractivity contribution >= 4 is 12.0 Å². The first-order valence-corrected chi connectivity index (χ1v) is 8.77. The number of rotatable bonds is 6. The van der Waals surface area contributed by atoms with Gasteiger partial charge in [-0.25, -0.2) is 4.79 Å². The molecule has 0 heterocycles. The molecule has 4 saturated carbocycles. The van der Waals surface area contributed by atoms with Gasteiger partial charge in [0.15, 0.2) is 0 Å². The molecule has 10 heteroatoms. The number of carboxylic acid groups (broad SMARTS) is 1. The minimum atomic E-state index is -4.64. The van der Waals surface area contributed by atoms with E-state index in [1.165, 1.54) is 0 Å². The zero-order valence-electron chi connectivity index (χ0n) is 14.2.